The van der Waals surface area contributed by atoms with Crippen molar-refractivity contribution in [2.45, 2.75) is 32.9 Å². The molecule has 1 rings (SSSR count). The normalized spacial score (nSPS) is 12.8. The van der Waals surface area contributed by atoms with Crippen LogP contribution in [0, 0.1) is 0 Å². The molecular formula is C13H20N2S. The molecule has 0 radical (unpaired) electrons. The highest BCUT2D eigenvalue weighted by Crippen LogP contribution is 2.10. The molecule has 1 aromatic rings. The second-order valence-corrected chi connectivity index (χ2v) is 4.68. The molecule has 0 spiro atoms. The van der Waals surface area contributed by atoms with Crippen molar-refractivity contribution in [2.24, 2.45) is 5.73 Å². The summed E-state index contributed by atoms with van der Waals surface area (Å²) in [7, 11) is 2.14. The summed E-state index contributed by atoms with van der Waals surface area (Å²) in [5, 5.41) is 0. The summed E-state index contributed by atoms with van der Waals surface area (Å²) in [6.07, 6.45) is 1.16. The molecule has 0 heterocycles. The summed E-state index contributed by atoms with van der Waals surface area (Å²) in [6, 6.07) is 8.74. The molecule has 0 bridgehead atoms. The molecule has 0 aromatic heterocycles. The molecule has 16 heavy (non-hydrogen) atoms. The lowest BCUT2D eigenvalue weighted by atomic mass is 10.1. The number of nitrogens with zero attached hydrogens (tertiary/aromatic N) is 1. The average Bonchev–Trinajstić information content (AvgIpc) is 2.28. The Bertz CT molecular complexity index is 363. The Balaban J connectivity index is 2.74. The number of hydrogen-bond donors (Lipinski definition) is 1. The summed E-state index contributed by atoms with van der Waals surface area (Å²) in [5.74, 6) is 0. The highest BCUT2D eigenvalue weighted by atomic mass is 32.1. The van der Waals surface area contributed by atoms with Gasteiger partial charge >= 0.3 is 0 Å². The van der Waals surface area contributed by atoms with Gasteiger partial charge in [-0.2, -0.15) is 0 Å². The maximum absolute atomic E-state index is 5.62. The van der Waals surface area contributed by atoms with Crippen LogP contribution in [-0.2, 0) is 6.54 Å². The van der Waals surface area contributed by atoms with Gasteiger partial charge in [0, 0.05) is 18.2 Å². The number of rotatable bonds is 5. The second kappa shape index (κ2) is 5.97. The molecule has 0 aliphatic carbocycles. The van der Waals surface area contributed by atoms with Crippen LogP contribution in [-0.4, -0.2) is 23.0 Å². The summed E-state index contributed by atoms with van der Waals surface area (Å²) < 4.78 is 0. The molecule has 1 atom stereocenters. The van der Waals surface area contributed by atoms with Crippen LogP contribution in [0.1, 0.15) is 31.4 Å². The van der Waals surface area contributed by atoms with Crippen molar-refractivity contribution in [3.8, 4) is 0 Å². The van der Waals surface area contributed by atoms with Gasteiger partial charge in [0.15, 0.2) is 0 Å². The quantitative estimate of drug-likeness (QED) is 0.797. The first kappa shape index (κ1) is 13.1. The molecule has 0 aliphatic rings. The van der Waals surface area contributed by atoms with Gasteiger partial charge in [-0.3, -0.25) is 4.90 Å². The molecule has 1 unspecified atom stereocenters. The van der Waals surface area contributed by atoms with Crippen LogP contribution in [0.25, 0.3) is 0 Å². The SMILES string of the molecule is CCC(C)N(C)Cc1cccc(C(N)=S)c1. The van der Waals surface area contributed by atoms with Gasteiger partial charge in [0.25, 0.3) is 0 Å². The molecule has 0 saturated carbocycles. The van der Waals surface area contributed by atoms with Gasteiger partial charge in [-0.25, -0.2) is 0 Å². The largest absolute Gasteiger partial charge is 0.389 e. The zero-order valence-corrected chi connectivity index (χ0v) is 11.1. The van der Waals surface area contributed by atoms with Crippen molar-refractivity contribution in [3.63, 3.8) is 0 Å². The molecular weight excluding hydrogens is 216 g/mol. The lowest BCUT2D eigenvalue weighted by Crippen LogP contribution is -2.27. The van der Waals surface area contributed by atoms with Crippen LogP contribution in [0.4, 0.5) is 0 Å². The topological polar surface area (TPSA) is 29.3 Å². The van der Waals surface area contributed by atoms with E-state index in [9.17, 15) is 0 Å². The van der Waals surface area contributed by atoms with E-state index >= 15 is 0 Å². The van der Waals surface area contributed by atoms with Gasteiger partial charge in [-0.1, -0.05) is 37.3 Å². The Hall–Kier alpha value is -0.930. The van der Waals surface area contributed by atoms with Crippen molar-refractivity contribution in [1.82, 2.24) is 4.90 Å². The van der Waals surface area contributed by atoms with Gasteiger partial charge in [-0.15, -0.1) is 0 Å². The predicted molar refractivity (Wildman–Crippen MR) is 73.5 cm³/mol. The molecule has 88 valence electrons. The first-order valence-corrected chi connectivity index (χ1v) is 6.04. The van der Waals surface area contributed by atoms with Crippen molar-refractivity contribution in [2.75, 3.05) is 7.05 Å². The maximum Gasteiger partial charge on any atom is 0.103 e. The third-order valence-corrected chi connectivity index (χ3v) is 3.22. The highest BCUT2D eigenvalue weighted by Gasteiger charge is 2.07. The van der Waals surface area contributed by atoms with E-state index in [2.05, 4.69) is 37.9 Å². The summed E-state index contributed by atoms with van der Waals surface area (Å²) in [4.78, 5) is 2.80. The van der Waals surface area contributed by atoms with Crippen molar-refractivity contribution in [1.29, 1.82) is 0 Å². The summed E-state index contributed by atoms with van der Waals surface area (Å²) >= 11 is 4.97. The monoisotopic (exact) mass is 236 g/mol. The first-order chi connectivity index (χ1) is 7.54. The first-order valence-electron chi connectivity index (χ1n) is 5.63. The van der Waals surface area contributed by atoms with Crippen molar-refractivity contribution < 1.29 is 0 Å². The van der Waals surface area contributed by atoms with Gasteiger partial charge < -0.3 is 5.73 Å². The van der Waals surface area contributed by atoms with Crippen LogP contribution in [0.5, 0.6) is 0 Å². The van der Waals surface area contributed by atoms with Crippen molar-refractivity contribution in [3.05, 3.63) is 35.4 Å². The Morgan fingerprint density at radius 1 is 1.50 bits per heavy atom. The molecule has 1 aromatic carbocycles. The van der Waals surface area contributed by atoms with E-state index in [1.165, 1.54) is 5.56 Å². The van der Waals surface area contributed by atoms with Crippen LogP contribution < -0.4 is 5.73 Å². The third kappa shape index (κ3) is 3.58. The minimum Gasteiger partial charge on any atom is -0.389 e. The molecule has 0 amide bonds. The number of nitrogens with two attached hydrogens (primary N) is 1. The number of hydrogen-bond acceptors (Lipinski definition) is 2. The smallest absolute Gasteiger partial charge is 0.103 e. The minimum absolute atomic E-state index is 0.466. The van der Waals surface area contributed by atoms with E-state index in [1.54, 1.807) is 0 Å². The van der Waals surface area contributed by atoms with Gasteiger partial charge in [-0.05, 0) is 32.0 Å². The number of thiocarbonyl (C=S) groups is 1. The highest BCUT2D eigenvalue weighted by molar-refractivity contribution is 7.80. The van der Waals surface area contributed by atoms with E-state index in [1.807, 2.05) is 12.1 Å². The fraction of sp³-hybridized carbons (Fsp3) is 0.462. The zero-order chi connectivity index (χ0) is 12.1. The predicted octanol–water partition coefficient (Wildman–Crippen LogP) is 2.55. The Kier molecular flexibility index (Phi) is 4.90. The summed E-state index contributed by atoms with van der Waals surface area (Å²) in [5.41, 5.74) is 7.82. The molecule has 0 saturated heterocycles. The fourth-order valence-electron chi connectivity index (χ4n) is 1.58. The Labute approximate surface area is 103 Å². The van der Waals surface area contributed by atoms with Crippen LogP contribution in [0.3, 0.4) is 0 Å². The maximum atomic E-state index is 5.62. The number of benzene rings is 1. The van der Waals surface area contributed by atoms with Crippen LogP contribution in [0.15, 0.2) is 24.3 Å². The second-order valence-electron chi connectivity index (χ2n) is 4.24. The van der Waals surface area contributed by atoms with E-state index < -0.39 is 0 Å². The van der Waals surface area contributed by atoms with Crippen molar-refractivity contribution >= 4 is 17.2 Å². The van der Waals surface area contributed by atoms with Crippen LogP contribution in [0.2, 0.25) is 0 Å². The lowest BCUT2D eigenvalue weighted by Gasteiger charge is -2.23. The van der Waals surface area contributed by atoms with E-state index in [0.29, 0.717) is 11.0 Å². The molecule has 0 aliphatic heterocycles. The third-order valence-electron chi connectivity index (χ3n) is 2.99. The minimum atomic E-state index is 0.466. The summed E-state index contributed by atoms with van der Waals surface area (Å²) in [6.45, 7) is 5.37. The standard InChI is InChI=1S/C13H20N2S/c1-4-10(2)15(3)9-11-6-5-7-12(8-11)13(14)16/h5-8,10H,4,9H2,1-3H3,(H2,14,16). The molecule has 3 heteroatoms. The van der Waals surface area contributed by atoms with E-state index in [4.69, 9.17) is 18.0 Å². The van der Waals surface area contributed by atoms with Gasteiger partial charge in [0.2, 0.25) is 0 Å². The fourth-order valence-corrected chi connectivity index (χ4v) is 1.71. The van der Waals surface area contributed by atoms with Crippen LogP contribution >= 0.6 is 12.2 Å². The average molecular weight is 236 g/mol. The van der Waals surface area contributed by atoms with E-state index in [-0.39, 0.29) is 0 Å². The lowest BCUT2D eigenvalue weighted by molar-refractivity contribution is 0.244. The van der Waals surface area contributed by atoms with E-state index in [0.717, 1.165) is 18.5 Å². The Morgan fingerprint density at radius 2 is 2.19 bits per heavy atom. The zero-order valence-electron chi connectivity index (χ0n) is 10.2. The Morgan fingerprint density at radius 3 is 2.75 bits per heavy atom. The molecule has 0 fully saturated rings. The van der Waals surface area contributed by atoms with Gasteiger partial charge in [0.05, 0.1) is 0 Å². The molecule has 2 nitrogen and oxygen atoms in total. The molecule has 2 N–H and O–H groups in total. The van der Waals surface area contributed by atoms with Gasteiger partial charge in [0.1, 0.15) is 4.99 Å².